The van der Waals surface area contributed by atoms with Gasteiger partial charge in [-0.05, 0) is 0 Å². The van der Waals surface area contributed by atoms with Gasteiger partial charge in [0.2, 0.25) is 5.91 Å². The van der Waals surface area contributed by atoms with Crippen molar-refractivity contribution >= 4 is 11.7 Å². The maximum atomic E-state index is 12.8. The van der Waals surface area contributed by atoms with Gasteiger partial charge >= 0.3 is 6.18 Å². The molecule has 1 amide bonds. The first-order valence-corrected chi connectivity index (χ1v) is 5.26. The van der Waals surface area contributed by atoms with Crippen LogP contribution in [0.15, 0.2) is 18.6 Å². The van der Waals surface area contributed by atoms with Gasteiger partial charge in [-0.15, -0.1) is 0 Å². The van der Waals surface area contributed by atoms with Crippen molar-refractivity contribution in [3.05, 3.63) is 18.6 Å². The van der Waals surface area contributed by atoms with Crippen molar-refractivity contribution in [2.75, 3.05) is 18.0 Å². The van der Waals surface area contributed by atoms with Crippen LogP contribution in [0.4, 0.5) is 19.0 Å². The fourth-order valence-corrected chi connectivity index (χ4v) is 2.07. The van der Waals surface area contributed by atoms with E-state index in [0.717, 1.165) is 0 Å². The van der Waals surface area contributed by atoms with Gasteiger partial charge < -0.3 is 10.6 Å². The molecule has 1 fully saturated rings. The van der Waals surface area contributed by atoms with Gasteiger partial charge in [-0.25, -0.2) is 4.98 Å². The molecule has 2 rings (SSSR count). The Labute approximate surface area is 101 Å². The minimum atomic E-state index is -4.45. The third-order valence-electron chi connectivity index (χ3n) is 2.98. The van der Waals surface area contributed by atoms with Gasteiger partial charge in [-0.1, -0.05) is 0 Å². The lowest BCUT2D eigenvalue weighted by molar-refractivity contribution is -0.181. The summed E-state index contributed by atoms with van der Waals surface area (Å²) in [7, 11) is 0. The lowest BCUT2D eigenvalue weighted by Crippen LogP contribution is -2.37. The van der Waals surface area contributed by atoms with E-state index in [4.69, 9.17) is 5.73 Å². The summed E-state index contributed by atoms with van der Waals surface area (Å²) < 4.78 is 38.4. The second kappa shape index (κ2) is 4.43. The number of anilines is 1. The third-order valence-corrected chi connectivity index (χ3v) is 2.98. The maximum Gasteiger partial charge on any atom is 0.394 e. The van der Waals surface area contributed by atoms with Crippen LogP contribution in [-0.2, 0) is 4.79 Å². The number of hydrogen-bond acceptors (Lipinski definition) is 4. The number of hydrogen-bond donors (Lipinski definition) is 1. The summed E-state index contributed by atoms with van der Waals surface area (Å²) in [5, 5.41) is 0. The molecule has 0 saturated carbocycles. The summed E-state index contributed by atoms with van der Waals surface area (Å²) >= 11 is 0. The van der Waals surface area contributed by atoms with Crippen molar-refractivity contribution < 1.29 is 18.0 Å². The smallest absolute Gasteiger partial charge is 0.369 e. The van der Waals surface area contributed by atoms with Gasteiger partial charge in [0.25, 0.3) is 0 Å². The molecule has 0 spiro atoms. The van der Waals surface area contributed by atoms with Gasteiger partial charge in [0.05, 0.1) is 18.0 Å². The molecule has 18 heavy (non-hydrogen) atoms. The quantitative estimate of drug-likeness (QED) is 0.844. The van der Waals surface area contributed by atoms with Crippen molar-refractivity contribution in [3.63, 3.8) is 0 Å². The summed E-state index contributed by atoms with van der Waals surface area (Å²) in [6.07, 6.45) is -0.282. The van der Waals surface area contributed by atoms with Crippen LogP contribution in [-0.4, -0.2) is 35.1 Å². The Kier molecular flexibility index (Phi) is 3.10. The van der Waals surface area contributed by atoms with E-state index in [2.05, 4.69) is 9.97 Å². The van der Waals surface area contributed by atoms with Gasteiger partial charge in [0.15, 0.2) is 0 Å². The number of alkyl halides is 3. The molecule has 0 bridgehead atoms. The SMILES string of the molecule is NC(=O)[C@@H]1CN(c2cnccn2)C[C@H]1C(F)(F)F. The summed E-state index contributed by atoms with van der Waals surface area (Å²) in [6.45, 7) is -0.409. The molecular weight excluding hydrogens is 249 g/mol. The number of nitrogens with two attached hydrogens (primary N) is 1. The molecule has 1 aromatic heterocycles. The second-order valence-electron chi connectivity index (χ2n) is 4.13. The van der Waals surface area contributed by atoms with E-state index in [1.807, 2.05) is 0 Å². The molecule has 0 radical (unpaired) electrons. The van der Waals surface area contributed by atoms with Crippen molar-refractivity contribution in [1.82, 2.24) is 9.97 Å². The Balaban J connectivity index is 2.22. The van der Waals surface area contributed by atoms with E-state index < -0.39 is 23.9 Å². The second-order valence-corrected chi connectivity index (χ2v) is 4.13. The molecule has 1 aliphatic rings. The van der Waals surface area contributed by atoms with Crippen LogP contribution in [0.2, 0.25) is 0 Å². The minimum Gasteiger partial charge on any atom is -0.369 e. The van der Waals surface area contributed by atoms with Gasteiger partial charge in [0.1, 0.15) is 5.82 Å². The van der Waals surface area contributed by atoms with Crippen LogP contribution in [0, 0.1) is 11.8 Å². The largest absolute Gasteiger partial charge is 0.394 e. The number of carbonyl (C=O) groups is 1. The molecule has 0 aromatic carbocycles. The minimum absolute atomic E-state index is 0.0851. The summed E-state index contributed by atoms with van der Waals surface area (Å²) in [5.74, 6) is -3.62. The summed E-state index contributed by atoms with van der Waals surface area (Å²) in [4.78, 5) is 20.2. The predicted molar refractivity (Wildman–Crippen MR) is 56.5 cm³/mol. The van der Waals surface area contributed by atoms with Crippen molar-refractivity contribution in [3.8, 4) is 0 Å². The van der Waals surface area contributed by atoms with Gasteiger partial charge in [-0.3, -0.25) is 9.78 Å². The Morgan fingerprint density at radius 3 is 2.56 bits per heavy atom. The number of aromatic nitrogens is 2. The molecule has 5 nitrogen and oxygen atoms in total. The number of halogens is 3. The molecule has 0 unspecified atom stereocenters. The van der Waals surface area contributed by atoms with Crippen LogP contribution < -0.4 is 10.6 Å². The standard InChI is InChI=1S/C10H11F3N4O/c11-10(12,13)7-5-17(4-6(7)9(14)18)8-3-15-1-2-16-8/h1-3,6-7H,4-5H2,(H2,14,18)/t6-,7-/m1/s1. The zero-order valence-electron chi connectivity index (χ0n) is 9.26. The molecular formula is C10H11F3N4O. The van der Waals surface area contributed by atoms with Crippen LogP contribution in [0.1, 0.15) is 0 Å². The van der Waals surface area contributed by atoms with E-state index in [1.165, 1.54) is 23.5 Å². The molecule has 2 N–H and O–H groups in total. The monoisotopic (exact) mass is 260 g/mol. The zero-order valence-corrected chi connectivity index (χ0v) is 9.26. The van der Waals surface area contributed by atoms with E-state index in [1.54, 1.807) is 0 Å². The lowest BCUT2D eigenvalue weighted by Gasteiger charge is -2.18. The van der Waals surface area contributed by atoms with Crippen LogP contribution in [0.3, 0.4) is 0 Å². The van der Waals surface area contributed by atoms with Crippen molar-refractivity contribution in [2.24, 2.45) is 17.6 Å². The topological polar surface area (TPSA) is 72.1 Å². The number of carbonyl (C=O) groups excluding carboxylic acids is 1. The Hall–Kier alpha value is -1.86. The fourth-order valence-electron chi connectivity index (χ4n) is 2.07. The first-order chi connectivity index (χ1) is 8.39. The summed E-state index contributed by atoms with van der Waals surface area (Å²) in [5.41, 5.74) is 5.02. The molecule has 1 saturated heterocycles. The lowest BCUT2D eigenvalue weighted by atomic mass is 9.95. The Morgan fingerprint density at radius 2 is 2.11 bits per heavy atom. The van der Waals surface area contributed by atoms with Gasteiger partial charge in [0, 0.05) is 25.5 Å². The Bertz CT molecular complexity index is 436. The highest BCUT2D eigenvalue weighted by atomic mass is 19.4. The average molecular weight is 260 g/mol. The number of amides is 1. The predicted octanol–water partition coefficient (Wildman–Crippen LogP) is 0.577. The van der Waals surface area contributed by atoms with E-state index in [0.29, 0.717) is 5.82 Å². The molecule has 0 aliphatic carbocycles. The third kappa shape index (κ3) is 2.36. The highest BCUT2D eigenvalue weighted by Crippen LogP contribution is 2.38. The normalized spacial score (nSPS) is 24.3. The molecule has 2 heterocycles. The van der Waals surface area contributed by atoms with E-state index in [-0.39, 0.29) is 13.1 Å². The zero-order chi connectivity index (χ0) is 13.3. The van der Waals surface area contributed by atoms with E-state index >= 15 is 0 Å². The molecule has 2 atom stereocenters. The fraction of sp³-hybridized carbons (Fsp3) is 0.500. The first-order valence-electron chi connectivity index (χ1n) is 5.26. The van der Waals surface area contributed by atoms with Crippen LogP contribution in [0.25, 0.3) is 0 Å². The average Bonchev–Trinajstić information content (AvgIpc) is 2.74. The summed E-state index contributed by atoms with van der Waals surface area (Å²) in [6, 6.07) is 0. The van der Waals surface area contributed by atoms with Crippen molar-refractivity contribution in [2.45, 2.75) is 6.18 Å². The molecule has 1 aromatic rings. The van der Waals surface area contributed by atoms with Crippen LogP contribution in [0.5, 0.6) is 0 Å². The number of nitrogens with zero attached hydrogens (tertiary/aromatic N) is 3. The highest BCUT2D eigenvalue weighted by molar-refractivity contribution is 5.78. The molecule has 1 aliphatic heterocycles. The first kappa shape index (κ1) is 12.6. The number of primary amides is 1. The highest BCUT2D eigenvalue weighted by Gasteiger charge is 2.52. The van der Waals surface area contributed by atoms with Crippen LogP contribution >= 0.6 is 0 Å². The van der Waals surface area contributed by atoms with Gasteiger partial charge in [-0.2, -0.15) is 13.2 Å². The maximum absolute atomic E-state index is 12.8. The Morgan fingerprint density at radius 1 is 1.39 bits per heavy atom. The molecule has 98 valence electrons. The molecule has 8 heteroatoms. The van der Waals surface area contributed by atoms with Crippen molar-refractivity contribution in [1.29, 1.82) is 0 Å². The van der Waals surface area contributed by atoms with E-state index in [9.17, 15) is 18.0 Å². The number of rotatable bonds is 2.